The van der Waals surface area contributed by atoms with Crippen molar-refractivity contribution in [3.63, 3.8) is 0 Å². The Morgan fingerprint density at radius 3 is 1.41 bits per heavy atom. The Morgan fingerprint density at radius 2 is 1.05 bits per heavy atom. The number of halogens is 2. The molecule has 434 valence electrons. The van der Waals surface area contributed by atoms with Crippen molar-refractivity contribution in [1.29, 1.82) is 0 Å². The quantitative estimate of drug-likeness (QED) is 0.0726. The Hall–Kier alpha value is -5.20. The van der Waals surface area contributed by atoms with Crippen LogP contribution in [0.1, 0.15) is 87.5 Å². The monoisotopic (exact) mass is 1130 g/mol. The number of amides is 6. The van der Waals surface area contributed by atoms with Gasteiger partial charge in [0.2, 0.25) is 0 Å². The van der Waals surface area contributed by atoms with Gasteiger partial charge >= 0.3 is 36.2 Å². The number of rotatable bonds is 22. The van der Waals surface area contributed by atoms with Gasteiger partial charge in [-0.2, -0.15) is 0 Å². The molecule has 78 heavy (non-hydrogen) atoms. The predicted molar refractivity (Wildman–Crippen MR) is 288 cm³/mol. The molecule has 4 heterocycles. The second-order valence-electron chi connectivity index (χ2n) is 20.3. The number of carbonyl (C=O) groups is 6. The molecule has 2 aromatic rings. The van der Waals surface area contributed by atoms with E-state index in [0.29, 0.717) is 97.0 Å². The number of likely N-dealkylation sites (N-methyl/N-ethyl adjacent to an activating group) is 2. The first kappa shape index (κ1) is 62.0. The van der Waals surface area contributed by atoms with Crippen molar-refractivity contribution in [3.05, 3.63) is 69.7 Å². The third kappa shape index (κ3) is 19.6. The number of hydrogen-bond acceptors (Lipinski definition) is 16. The van der Waals surface area contributed by atoms with Gasteiger partial charge in [0.05, 0.1) is 52.7 Å². The Labute approximate surface area is 467 Å². The second-order valence-corrected chi connectivity index (χ2v) is 21.1. The molecule has 0 aromatic heterocycles. The van der Waals surface area contributed by atoms with Crippen molar-refractivity contribution in [2.24, 2.45) is 23.7 Å². The fourth-order valence-electron chi connectivity index (χ4n) is 10.7. The highest BCUT2D eigenvalue weighted by Gasteiger charge is 2.36. The molecular weight excluding hydrogens is 1060 g/mol. The minimum Gasteiger partial charge on any atom is -0.451 e. The molecule has 4 saturated heterocycles. The number of hydrogen-bond donors (Lipinski definition) is 4. The normalized spacial score (nSPS) is 21.2. The Bertz CT molecular complexity index is 2080. The summed E-state index contributed by atoms with van der Waals surface area (Å²) in [5, 5.41) is 14.8. The van der Waals surface area contributed by atoms with Gasteiger partial charge in [-0.05, 0) is 126 Å². The van der Waals surface area contributed by atoms with E-state index in [2.05, 4.69) is 21.3 Å². The zero-order valence-corrected chi connectivity index (χ0v) is 47.0. The SMILES string of the molecule is CN[C@@H](CNC(=O)N1CCC[C@@H](C(OCCN(OC(=O)C(=O)ON(CCOC(c2cccc(Cl)c2)[C@@H]2CCCN(C(=O)NC[C@@H](C[C@H]3CCCOC3)NC)C2)C(=O)OC)C(=O)OC)c2cccc(Cl)c2)C1)C[C@H]1CCCOC1. The number of benzene rings is 2. The van der Waals surface area contributed by atoms with E-state index >= 15 is 0 Å². The second kappa shape index (κ2) is 32.8. The average Bonchev–Trinajstić information content (AvgIpc) is 3.48. The van der Waals surface area contributed by atoms with Crippen LogP contribution in [0, 0.1) is 23.7 Å². The van der Waals surface area contributed by atoms with Gasteiger partial charge in [0, 0.05) is 99.7 Å². The minimum atomic E-state index is -1.66. The molecule has 0 radical (unpaired) electrons. The van der Waals surface area contributed by atoms with Crippen LogP contribution >= 0.6 is 23.2 Å². The maximum Gasteiger partial charge on any atom is 0.444 e. The van der Waals surface area contributed by atoms with Crippen LogP contribution in [0.5, 0.6) is 0 Å². The van der Waals surface area contributed by atoms with Crippen LogP contribution in [0.3, 0.4) is 0 Å². The zero-order valence-electron chi connectivity index (χ0n) is 45.5. The summed E-state index contributed by atoms with van der Waals surface area (Å²) in [5.41, 5.74) is 1.46. The van der Waals surface area contributed by atoms with Crippen molar-refractivity contribution in [2.45, 2.75) is 88.5 Å². The maximum atomic E-state index is 13.6. The van der Waals surface area contributed by atoms with Gasteiger partial charge in [-0.15, -0.1) is 10.1 Å². The van der Waals surface area contributed by atoms with Gasteiger partial charge in [0.15, 0.2) is 0 Å². The fourth-order valence-corrected chi connectivity index (χ4v) is 11.1. The standard InChI is InChI=1S/C54H80Cl2N8O14/c1-57-45(27-37-11-9-23-73-35-37)31-59-51(67)61-19-7-15-41(33-61)47(39-13-5-17-43(55)29-39)75-25-21-63(53(69)71-3)77-49(65)50(66)78-64(54(70)72-4)22-26-76-48(40-14-6-18-44(56)30-40)42-16-8-20-62(34-42)52(68)60-32-46(58-2)28-38-12-10-24-74-36-38/h5-6,13-14,17-18,29-30,37-38,41-42,45-48,57-58H,7-12,15-16,19-28,31-36H2,1-4H3,(H,59,67)(H,60,68)/t37-,38-,41-,42-,45-,46-,47?,48?/m1/s1. The number of ether oxygens (including phenoxy) is 6. The summed E-state index contributed by atoms with van der Waals surface area (Å²) in [4.78, 5) is 93.6. The molecule has 4 fully saturated rings. The van der Waals surface area contributed by atoms with Crippen LogP contribution in [0.15, 0.2) is 48.5 Å². The van der Waals surface area contributed by atoms with Gasteiger partial charge in [0.1, 0.15) is 0 Å². The van der Waals surface area contributed by atoms with E-state index in [9.17, 15) is 28.8 Å². The van der Waals surface area contributed by atoms with Crippen LogP contribution in [0.4, 0.5) is 19.2 Å². The molecule has 0 spiro atoms. The molecule has 6 amide bonds. The number of hydroxylamine groups is 4. The smallest absolute Gasteiger partial charge is 0.444 e. The van der Waals surface area contributed by atoms with Gasteiger partial charge < -0.3 is 69.2 Å². The van der Waals surface area contributed by atoms with Crippen LogP contribution in [0.2, 0.25) is 10.0 Å². The van der Waals surface area contributed by atoms with E-state index in [-0.39, 0.29) is 49.2 Å². The summed E-state index contributed by atoms with van der Waals surface area (Å²) >= 11 is 12.9. The van der Waals surface area contributed by atoms with E-state index < -0.39 is 49.4 Å². The van der Waals surface area contributed by atoms with Crippen LogP contribution in [-0.4, -0.2) is 189 Å². The molecule has 4 N–H and O–H groups in total. The minimum absolute atomic E-state index is 0.0838. The molecule has 0 saturated carbocycles. The average molecular weight is 1140 g/mol. The predicted octanol–water partition coefficient (Wildman–Crippen LogP) is 6.51. The van der Waals surface area contributed by atoms with Gasteiger partial charge in [-0.25, -0.2) is 28.8 Å². The van der Waals surface area contributed by atoms with E-state index in [4.69, 9.17) is 61.3 Å². The molecule has 24 heteroatoms. The lowest BCUT2D eigenvalue weighted by molar-refractivity contribution is -0.211. The number of carbonyl (C=O) groups excluding carboxylic acids is 6. The summed E-state index contributed by atoms with van der Waals surface area (Å²) in [6, 6.07) is 14.1. The molecule has 8 atom stereocenters. The van der Waals surface area contributed by atoms with Crippen molar-refractivity contribution >= 4 is 59.4 Å². The summed E-state index contributed by atoms with van der Waals surface area (Å²) in [7, 11) is 5.90. The molecule has 2 aromatic carbocycles. The summed E-state index contributed by atoms with van der Waals surface area (Å²) in [6.45, 7) is 4.51. The van der Waals surface area contributed by atoms with Gasteiger partial charge in [-0.1, -0.05) is 47.5 Å². The molecule has 0 aliphatic carbocycles. The summed E-state index contributed by atoms with van der Waals surface area (Å²) < 4.78 is 33.9. The Balaban J connectivity index is 1.03. The summed E-state index contributed by atoms with van der Waals surface area (Å²) in [5.74, 6) is -2.85. The number of piperidine rings is 2. The van der Waals surface area contributed by atoms with Crippen LogP contribution < -0.4 is 21.3 Å². The third-order valence-corrected chi connectivity index (χ3v) is 15.2. The van der Waals surface area contributed by atoms with Gasteiger partial charge in [0.25, 0.3) is 0 Å². The van der Waals surface area contributed by atoms with E-state index in [1.165, 1.54) is 0 Å². The molecule has 4 aliphatic heterocycles. The van der Waals surface area contributed by atoms with Crippen molar-refractivity contribution in [2.75, 3.05) is 120 Å². The van der Waals surface area contributed by atoms with Crippen molar-refractivity contribution in [1.82, 2.24) is 41.2 Å². The lowest BCUT2D eigenvalue weighted by Crippen LogP contribution is -2.50. The van der Waals surface area contributed by atoms with Crippen molar-refractivity contribution in [3.8, 4) is 0 Å². The molecular formula is C54H80Cl2N8O14. The van der Waals surface area contributed by atoms with Crippen LogP contribution in [-0.2, 0) is 47.7 Å². The van der Waals surface area contributed by atoms with Crippen LogP contribution in [0.25, 0.3) is 0 Å². The van der Waals surface area contributed by atoms with E-state index in [1.54, 1.807) is 46.2 Å². The molecule has 22 nitrogen and oxygen atoms in total. The number of likely N-dealkylation sites (tertiary alicyclic amines) is 2. The first-order chi connectivity index (χ1) is 37.8. The third-order valence-electron chi connectivity index (χ3n) is 14.8. The first-order valence-electron chi connectivity index (χ1n) is 27.2. The largest absolute Gasteiger partial charge is 0.451 e. The highest BCUT2D eigenvalue weighted by molar-refractivity contribution is 6.31. The number of nitrogens with one attached hydrogen (secondary N) is 4. The fraction of sp³-hybridized carbons (Fsp3) is 0.667. The Morgan fingerprint density at radius 1 is 0.628 bits per heavy atom. The maximum absolute atomic E-state index is 13.6. The molecule has 4 aliphatic rings. The molecule has 6 rings (SSSR count). The Kier molecular flexibility index (Phi) is 26.0. The first-order valence-corrected chi connectivity index (χ1v) is 28.0. The van der Waals surface area contributed by atoms with E-state index in [0.717, 1.165) is 90.3 Å². The highest BCUT2D eigenvalue weighted by Crippen LogP contribution is 2.36. The zero-order chi connectivity index (χ0) is 55.8. The number of nitrogens with zero attached hydrogens (tertiary/aromatic N) is 4. The number of urea groups is 2. The molecule has 0 bridgehead atoms. The van der Waals surface area contributed by atoms with Crippen molar-refractivity contribution < 1.29 is 66.9 Å². The van der Waals surface area contributed by atoms with Gasteiger partial charge in [-0.3, -0.25) is 0 Å². The van der Waals surface area contributed by atoms with E-state index in [1.807, 2.05) is 26.2 Å². The lowest BCUT2D eigenvalue weighted by atomic mass is 9.88. The molecule has 2 unspecified atom stereocenters. The highest BCUT2D eigenvalue weighted by atomic mass is 35.5. The summed E-state index contributed by atoms with van der Waals surface area (Å²) in [6.07, 6.45) is 5.36. The number of methoxy groups -OCH3 is 2. The lowest BCUT2D eigenvalue weighted by Gasteiger charge is -2.37. The topological polar surface area (TPSA) is 237 Å².